The van der Waals surface area contributed by atoms with Crippen molar-refractivity contribution >= 4 is 29.3 Å². The zero-order chi connectivity index (χ0) is 22.9. The number of nitrogens with zero attached hydrogens (tertiary/aromatic N) is 1. The highest BCUT2D eigenvalue weighted by atomic mass is 16.5. The van der Waals surface area contributed by atoms with Crippen LogP contribution in [0.25, 0.3) is 6.08 Å². The minimum atomic E-state index is -0.480. The number of carbonyl (C=O) groups is 2. The van der Waals surface area contributed by atoms with Gasteiger partial charge in [0.2, 0.25) is 0 Å². The van der Waals surface area contributed by atoms with E-state index in [1.807, 2.05) is 62.4 Å². The molecule has 0 unspecified atom stereocenters. The van der Waals surface area contributed by atoms with Gasteiger partial charge >= 0.3 is 0 Å². The van der Waals surface area contributed by atoms with Gasteiger partial charge in [-0.1, -0.05) is 42.0 Å². The van der Waals surface area contributed by atoms with Gasteiger partial charge in [0.15, 0.2) is 6.61 Å². The topological polar surface area (TPSA) is 91.2 Å². The second kappa shape index (κ2) is 10.6. The normalized spacial score (nSPS) is 10.7. The Morgan fingerprint density at radius 1 is 0.906 bits per heavy atom. The molecule has 32 heavy (non-hydrogen) atoms. The Balaban J connectivity index is 1.57. The summed E-state index contributed by atoms with van der Waals surface area (Å²) in [4.78, 5) is 24.4. The molecule has 0 fully saturated rings. The largest absolute Gasteiger partial charge is 0.484 e. The molecule has 2 amide bonds. The Morgan fingerprint density at radius 2 is 1.62 bits per heavy atom. The predicted octanol–water partition coefficient (Wildman–Crippen LogP) is 4.87. The number of nitrogens with one attached hydrogen (secondary N) is 2. The van der Waals surface area contributed by atoms with Gasteiger partial charge in [-0.25, -0.2) is 0 Å². The molecule has 0 atom stereocenters. The maximum Gasteiger partial charge on any atom is 0.266 e. The average molecular weight is 425 g/mol. The zero-order valence-corrected chi connectivity index (χ0v) is 17.9. The van der Waals surface area contributed by atoms with E-state index in [1.165, 1.54) is 6.08 Å². The van der Waals surface area contributed by atoms with E-state index < -0.39 is 5.91 Å². The molecule has 0 aliphatic carbocycles. The van der Waals surface area contributed by atoms with Crippen LogP contribution >= 0.6 is 0 Å². The summed E-state index contributed by atoms with van der Waals surface area (Å²) in [6, 6.07) is 23.6. The number of ether oxygens (including phenoxy) is 1. The molecule has 2 N–H and O–H groups in total. The lowest BCUT2D eigenvalue weighted by molar-refractivity contribution is -0.118. The Labute approximate surface area is 187 Å². The molecule has 0 bridgehead atoms. The van der Waals surface area contributed by atoms with Crippen molar-refractivity contribution in [1.29, 1.82) is 5.26 Å². The van der Waals surface area contributed by atoms with Gasteiger partial charge in [-0.05, 0) is 67.4 Å². The number of nitriles is 1. The third-order valence-corrected chi connectivity index (χ3v) is 4.54. The molecule has 0 aliphatic heterocycles. The van der Waals surface area contributed by atoms with Crippen LogP contribution in [-0.2, 0) is 9.59 Å². The van der Waals surface area contributed by atoms with Crippen molar-refractivity contribution in [3.05, 3.63) is 95.1 Å². The van der Waals surface area contributed by atoms with Gasteiger partial charge in [-0.2, -0.15) is 5.26 Å². The van der Waals surface area contributed by atoms with E-state index in [4.69, 9.17) is 4.74 Å². The third-order valence-electron chi connectivity index (χ3n) is 4.54. The summed E-state index contributed by atoms with van der Waals surface area (Å²) in [5.41, 5.74) is 4.10. The highest BCUT2D eigenvalue weighted by molar-refractivity contribution is 6.09. The molecule has 0 aromatic heterocycles. The molecular formula is C26H23N3O3. The number of carbonyl (C=O) groups excluding carboxylic acids is 2. The van der Waals surface area contributed by atoms with Crippen molar-refractivity contribution in [2.24, 2.45) is 0 Å². The lowest BCUT2D eigenvalue weighted by Crippen LogP contribution is -2.20. The predicted molar refractivity (Wildman–Crippen MR) is 125 cm³/mol. The minimum absolute atomic E-state index is 0.0161. The van der Waals surface area contributed by atoms with E-state index in [0.29, 0.717) is 22.7 Å². The number of anilines is 2. The smallest absolute Gasteiger partial charge is 0.266 e. The second-order valence-electron chi connectivity index (χ2n) is 7.27. The summed E-state index contributed by atoms with van der Waals surface area (Å²) in [6.07, 6.45) is 1.50. The molecular weight excluding hydrogens is 402 g/mol. The van der Waals surface area contributed by atoms with Gasteiger partial charge in [0.05, 0.1) is 0 Å². The number of aryl methyl sites for hydroxylation is 2. The van der Waals surface area contributed by atoms with Crippen molar-refractivity contribution in [1.82, 2.24) is 0 Å². The Kier molecular flexibility index (Phi) is 7.39. The van der Waals surface area contributed by atoms with Gasteiger partial charge in [0.1, 0.15) is 17.4 Å². The number of rotatable bonds is 7. The maximum atomic E-state index is 12.4. The Morgan fingerprint density at radius 3 is 2.28 bits per heavy atom. The molecule has 3 aromatic carbocycles. The molecule has 0 spiro atoms. The van der Waals surface area contributed by atoms with Gasteiger partial charge in [-0.3, -0.25) is 9.59 Å². The van der Waals surface area contributed by atoms with Crippen LogP contribution in [0.15, 0.2) is 78.4 Å². The van der Waals surface area contributed by atoms with Gasteiger partial charge in [0.25, 0.3) is 11.8 Å². The van der Waals surface area contributed by atoms with Crippen LogP contribution in [0, 0.1) is 25.2 Å². The first-order chi connectivity index (χ1) is 15.4. The summed E-state index contributed by atoms with van der Waals surface area (Å²) >= 11 is 0. The second-order valence-corrected chi connectivity index (χ2v) is 7.27. The molecule has 6 nitrogen and oxygen atoms in total. The highest BCUT2D eigenvalue weighted by Crippen LogP contribution is 2.16. The molecule has 0 heterocycles. The fourth-order valence-electron chi connectivity index (χ4n) is 2.88. The fourth-order valence-corrected chi connectivity index (χ4v) is 2.88. The molecule has 3 aromatic rings. The minimum Gasteiger partial charge on any atom is -0.484 e. The van der Waals surface area contributed by atoms with Crippen molar-refractivity contribution in [2.45, 2.75) is 13.8 Å². The first kappa shape index (κ1) is 22.3. The summed E-state index contributed by atoms with van der Waals surface area (Å²) in [6.45, 7) is 3.77. The molecule has 160 valence electrons. The van der Waals surface area contributed by atoms with E-state index >= 15 is 0 Å². The summed E-state index contributed by atoms with van der Waals surface area (Å²) in [5, 5.41) is 14.9. The number of hydrogen-bond acceptors (Lipinski definition) is 4. The molecule has 0 radical (unpaired) electrons. The maximum absolute atomic E-state index is 12.4. The van der Waals surface area contributed by atoms with Gasteiger partial charge in [0, 0.05) is 11.4 Å². The highest BCUT2D eigenvalue weighted by Gasteiger charge is 2.10. The summed E-state index contributed by atoms with van der Waals surface area (Å²) in [5.74, 6) is -0.243. The molecule has 3 rings (SSSR count). The standard InChI is InChI=1S/C26H23N3O3/c1-18-6-10-22(11-7-18)28-25(30)17-32-24-12-8-20(9-13-24)15-21(16-27)26(31)29-23-5-3-4-19(2)14-23/h3-15H,17H2,1-2H3,(H,28,30)(H,29,31)/b21-15+. The number of hydrogen-bond donors (Lipinski definition) is 2. The Hall–Kier alpha value is -4.37. The fraction of sp³-hybridized carbons (Fsp3) is 0.115. The van der Waals surface area contributed by atoms with Crippen LogP contribution in [0.4, 0.5) is 11.4 Å². The van der Waals surface area contributed by atoms with E-state index in [2.05, 4.69) is 10.6 Å². The first-order valence-electron chi connectivity index (χ1n) is 10.0. The van der Waals surface area contributed by atoms with Crippen LogP contribution < -0.4 is 15.4 Å². The van der Waals surface area contributed by atoms with Crippen LogP contribution in [0.2, 0.25) is 0 Å². The quantitative estimate of drug-likeness (QED) is 0.417. The van der Waals surface area contributed by atoms with Crippen LogP contribution in [0.1, 0.15) is 16.7 Å². The van der Waals surface area contributed by atoms with E-state index in [-0.39, 0.29) is 18.1 Å². The summed E-state index contributed by atoms with van der Waals surface area (Å²) < 4.78 is 5.51. The lowest BCUT2D eigenvalue weighted by Gasteiger charge is -2.08. The van der Waals surface area contributed by atoms with E-state index in [9.17, 15) is 14.9 Å². The van der Waals surface area contributed by atoms with Gasteiger partial charge < -0.3 is 15.4 Å². The Bertz CT molecular complexity index is 1170. The lowest BCUT2D eigenvalue weighted by atomic mass is 10.1. The van der Waals surface area contributed by atoms with Gasteiger partial charge in [-0.15, -0.1) is 0 Å². The molecule has 6 heteroatoms. The van der Waals surface area contributed by atoms with Crippen LogP contribution in [0.5, 0.6) is 5.75 Å². The van der Waals surface area contributed by atoms with Crippen LogP contribution in [0.3, 0.4) is 0 Å². The van der Waals surface area contributed by atoms with E-state index in [0.717, 1.165) is 11.1 Å². The van der Waals surface area contributed by atoms with E-state index in [1.54, 1.807) is 30.3 Å². The molecule has 0 saturated carbocycles. The van der Waals surface area contributed by atoms with Crippen LogP contribution in [-0.4, -0.2) is 18.4 Å². The zero-order valence-electron chi connectivity index (χ0n) is 17.9. The molecule has 0 saturated heterocycles. The number of amides is 2. The first-order valence-corrected chi connectivity index (χ1v) is 10.0. The number of benzene rings is 3. The van der Waals surface area contributed by atoms with Crippen molar-refractivity contribution in [2.75, 3.05) is 17.2 Å². The van der Waals surface area contributed by atoms with Crippen molar-refractivity contribution in [3.63, 3.8) is 0 Å². The molecule has 0 aliphatic rings. The SMILES string of the molecule is Cc1ccc(NC(=O)COc2ccc(/C=C(\C#N)C(=O)Nc3cccc(C)c3)cc2)cc1. The van der Waals surface area contributed by atoms with Crippen molar-refractivity contribution in [3.8, 4) is 11.8 Å². The average Bonchev–Trinajstić information content (AvgIpc) is 2.78. The monoisotopic (exact) mass is 425 g/mol. The summed E-state index contributed by atoms with van der Waals surface area (Å²) in [7, 11) is 0. The third kappa shape index (κ3) is 6.57. The van der Waals surface area contributed by atoms with Crippen molar-refractivity contribution < 1.29 is 14.3 Å².